The van der Waals surface area contributed by atoms with Crippen molar-refractivity contribution in [3.63, 3.8) is 0 Å². The predicted octanol–water partition coefficient (Wildman–Crippen LogP) is 1.58. The van der Waals surface area contributed by atoms with Crippen LogP contribution < -0.4 is 4.90 Å². The van der Waals surface area contributed by atoms with Gasteiger partial charge in [-0.05, 0) is 6.07 Å². The number of morpholine rings is 1. The van der Waals surface area contributed by atoms with Gasteiger partial charge in [0.25, 0.3) is 5.69 Å². The van der Waals surface area contributed by atoms with Gasteiger partial charge in [-0.1, -0.05) is 11.6 Å². The third-order valence-corrected chi connectivity index (χ3v) is 3.25. The number of aliphatic hydroxyl groups is 1. The number of nitro groups is 1. The molecule has 0 spiro atoms. The Morgan fingerprint density at radius 1 is 1.63 bits per heavy atom. The first kappa shape index (κ1) is 14.0. The molecule has 1 aliphatic rings. The van der Waals surface area contributed by atoms with Crippen LogP contribution >= 0.6 is 11.6 Å². The number of halogens is 2. The molecule has 1 heterocycles. The van der Waals surface area contributed by atoms with Crippen LogP contribution in [0, 0.1) is 15.9 Å². The highest BCUT2D eigenvalue weighted by Crippen LogP contribution is 2.34. The summed E-state index contributed by atoms with van der Waals surface area (Å²) in [5, 5.41) is 20.1. The number of rotatable bonds is 3. The number of aliphatic hydroxyl groups excluding tert-OH is 1. The van der Waals surface area contributed by atoms with Crippen molar-refractivity contribution in [1.82, 2.24) is 0 Å². The fourth-order valence-corrected chi connectivity index (χ4v) is 2.18. The third kappa shape index (κ3) is 2.78. The number of ether oxygens (including phenoxy) is 1. The molecule has 104 valence electrons. The summed E-state index contributed by atoms with van der Waals surface area (Å²) in [5.41, 5.74) is -0.180. The van der Waals surface area contributed by atoms with Crippen LogP contribution in [0.2, 0.25) is 5.02 Å². The molecule has 0 radical (unpaired) electrons. The fraction of sp³-hybridized carbons (Fsp3) is 0.455. The van der Waals surface area contributed by atoms with Gasteiger partial charge in [0.15, 0.2) is 0 Å². The first-order valence-electron chi connectivity index (χ1n) is 5.63. The van der Waals surface area contributed by atoms with Crippen LogP contribution in [0.25, 0.3) is 0 Å². The number of benzene rings is 1. The lowest BCUT2D eigenvalue weighted by molar-refractivity contribution is -0.384. The van der Waals surface area contributed by atoms with Crippen molar-refractivity contribution in [2.24, 2.45) is 0 Å². The highest BCUT2D eigenvalue weighted by molar-refractivity contribution is 6.31. The van der Waals surface area contributed by atoms with Gasteiger partial charge in [0.05, 0.1) is 41.9 Å². The number of nitro benzene ring substituents is 1. The van der Waals surface area contributed by atoms with E-state index in [2.05, 4.69) is 0 Å². The summed E-state index contributed by atoms with van der Waals surface area (Å²) in [5.74, 6) is -0.842. The average Bonchev–Trinajstić information content (AvgIpc) is 2.41. The van der Waals surface area contributed by atoms with Crippen LogP contribution in [0.15, 0.2) is 12.1 Å². The van der Waals surface area contributed by atoms with Crippen molar-refractivity contribution in [3.8, 4) is 0 Å². The van der Waals surface area contributed by atoms with Gasteiger partial charge in [0.2, 0.25) is 0 Å². The number of anilines is 1. The molecule has 0 aliphatic carbocycles. The van der Waals surface area contributed by atoms with E-state index in [9.17, 15) is 19.6 Å². The van der Waals surface area contributed by atoms with Crippen molar-refractivity contribution < 1.29 is 19.2 Å². The minimum absolute atomic E-state index is 0.191. The fourth-order valence-electron chi connectivity index (χ4n) is 2.03. The van der Waals surface area contributed by atoms with E-state index in [1.54, 1.807) is 4.90 Å². The smallest absolute Gasteiger partial charge is 0.295 e. The lowest BCUT2D eigenvalue weighted by atomic mass is 10.1. The molecule has 1 aliphatic heterocycles. The molecule has 1 atom stereocenters. The lowest BCUT2D eigenvalue weighted by Crippen LogP contribution is -2.47. The summed E-state index contributed by atoms with van der Waals surface area (Å²) in [6.45, 7) is 0.783. The summed E-state index contributed by atoms with van der Waals surface area (Å²) >= 11 is 5.68. The Labute approximate surface area is 113 Å². The van der Waals surface area contributed by atoms with Gasteiger partial charge >= 0.3 is 0 Å². The largest absolute Gasteiger partial charge is 0.394 e. The maximum Gasteiger partial charge on any atom is 0.295 e. The van der Waals surface area contributed by atoms with Crippen molar-refractivity contribution in [2.75, 3.05) is 31.3 Å². The molecule has 19 heavy (non-hydrogen) atoms. The molecule has 0 bridgehead atoms. The van der Waals surface area contributed by atoms with Crippen LogP contribution in [0.4, 0.5) is 15.8 Å². The molecular formula is C11H12ClFN2O4. The van der Waals surface area contributed by atoms with Crippen molar-refractivity contribution in [3.05, 3.63) is 33.1 Å². The summed E-state index contributed by atoms with van der Waals surface area (Å²) < 4.78 is 18.5. The van der Waals surface area contributed by atoms with Crippen LogP contribution in [-0.2, 0) is 4.74 Å². The SMILES string of the molecule is O=[N+]([O-])c1cc(F)c(Cl)cc1N1CCOCC1CO. The van der Waals surface area contributed by atoms with Gasteiger partial charge in [-0.25, -0.2) is 4.39 Å². The first-order chi connectivity index (χ1) is 9.04. The van der Waals surface area contributed by atoms with Gasteiger partial charge in [-0.2, -0.15) is 0 Å². The number of nitrogens with zero attached hydrogens (tertiary/aromatic N) is 2. The zero-order valence-corrected chi connectivity index (χ0v) is 10.6. The maximum absolute atomic E-state index is 13.3. The predicted molar refractivity (Wildman–Crippen MR) is 67.1 cm³/mol. The normalized spacial score (nSPS) is 19.5. The Bertz CT molecular complexity index is 500. The molecule has 0 amide bonds. The molecule has 0 aromatic heterocycles. The quantitative estimate of drug-likeness (QED) is 0.676. The summed E-state index contributed by atoms with van der Waals surface area (Å²) in [7, 11) is 0. The third-order valence-electron chi connectivity index (χ3n) is 2.96. The summed E-state index contributed by atoms with van der Waals surface area (Å²) in [6.07, 6.45) is 0. The van der Waals surface area contributed by atoms with E-state index in [1.165, 1.54) is 6.07 Å². The lowest BCUT2D eigenvalue weighted by Gasteiger charge is -2.35. The molecule has 1 unspecified atom stereocenters. The van der Waals surface area contributed by atoms with Crippen molar-refractivity contribution in [1.29, 1.82) is 0 Å². The van der Waals surface area contributed by atoms with E-state index in [0.29, 0.717) is 13.2 Å². The first-order valence-corrected chi connectivity index (χ1v) is 6.01. The Morgan fingerprint density at radius 2 is 2.37 bits per heavy atom. The molecule has 1 fully saturated rings. The monoisotopic (exact) mass is 290 g/mol. The topological polar surface area (TPSA) is 75.8 Å². The van der Waals surface area contributed by atoms with Crippen LogP contribution in [-0.4, -0.2) is 42.4 Å². The van der Waals surface area contributed by atoms with Crippen molar-refractivity contribution in [2.45, 2.75) is 6.04 Å². The maximum atomic E-state index is 13.3. The second kappa shape index (κ2) is 5.68. The van der Waals surface area contributed by atoms with E-state index < -0.39 is 16.8 Å². The minimum Gasteiger partial charge on any atom is -0.394 e. The zero-order chi connectivity index (χ0) is 14.0. The van der Waals surface area contributed by atoms with E-state index in [1.807, 2.05) is 0 Å². The molecule has 1 saturated heterocycles. The van der Waals surface area contributed by atoms with E-state index in [-0.39, 0.29) is 29.6 Å². The van der Waals surface area contributed by atoms with Crippen LogP contribution in [0.3, 0.4) is 0 Å². The van der Waals surface area contributed by atoms with Crippen molar-refractivity contribution >= 4 is 23.0 Å². The molecule has 6 nitrogen and oxygen atoms in total. The zero-order valence-electron chi connectivity index (χ0n) is 9.88. The molecular weight excluding hydrogens is 279 g/mol. The average molecular weight is 291 g/mol. The van der Waals surface area contributed by atoms with E-state index in [0.717, 1.165) is 6.07 Å². The summed E-state index contributed by atoms with van der Waals surface area (Å²) in [4.78, 5) is 11.9. The Hall–Kier alpha value is -1.44. The van der Waals surface area contributed by atoms with Crippen LogP contribution in [0.1, 0.15) is 0 Å². The second-order valence-electron chi connectivity index (χ2n) is 4.12. The van der Waals surface area contributed by atoms with Gasteiger partial charge in [0, 0.05) is 6.54 Å². The highest BCUT2D eigenvalue weighted by atomic mass is 35.5. The highest BCUT2D eigenvalue weighted by Gasteiger charge is 2.29. The molecule has 1 aromatic rings. The number of hydrogen-bond donors (Lipinski definition) is 1. The molecule has 8 heteroatoms. The standard InChI is InChI=1S/C11H12ClFN2O4/c12-8-3-10(11(15(17)18)4-9(8)13)14-1-2-19-6-7(14)5-16/h3-4,7,16H,1-2,5-6H2. The molecule has 0 saturated carbocycles. The molecule has 2 rings (SSSR count). The Kier molecular flexibility index (Phi) is 4.18. The Balaban J connectivity index is 2.47. The van der Waals surface area contributed by atoms with Gasteiger partial charge in [-0.3, -0.25) is 10.1 Å². The number of hydrogen-bond acceptors (Lipinski definition) is 5. The minimum atomic E-state index is -0.842. The van der Waals surface area contributed by atoms with E-state index in [4.69, 9.17) is 16.3 Å². The van der Waals surface area contributed by atoms with Gasteiger partial charge in [0.1, 0.15) is 11.5 Å². The second-order valence-corrected chi connectivity index (χ2v) is 4.52. The summed E-state index contributed by atoms with van der Waals surface area (Å²) in [6, 6.07) is 1.60. The van der Waals surface area contributed by atoms with Gasteiger partial charge < -0.3 is 14.7 Å². The Morgan fingerprint density at radius 3 is 3.00 bits per heavy atom. The van der Waals surface area contributed by atoms with Gasteiger partial charge in [-0.15, -0.1) is 0 Å². The van der Waals surface area contributed by atoms with E-state index >= 15 is 0 Å². The van der Waals surface area contributed by atoms with Crippen LogP contribution in [0.5, 0.6) is 0 Å². The molecule has 1 N–H and O–H groups in total. The molecule has 1 aromatic carbocycles.